The number of hydrogen-bond acceptors (Lipinski definition) is 2. The van der Waals surface area contributed by atoms with Gasteiger partial charge in [0.2, 0.25) is 0 Å². The highest BCUT2D eigenvalue weighted by Crippen LogP contribution is 2.31. The number of hydrogen-bond donors (Lipinski definition) is 1. The lowest BCUT2D eigenvalue weighted by molar-refractivity contribution is -0.0539. The second kappa shape index (κ2) is 2.76. The molecule has 2 heteroatoms. The van der Waals surface area contributed by atoms with E-state index in [1.165, 1.54) is 0 Å². The average Bonchev–Trinajstić information content (AvgIpc) is 1.81. The summed E-state index contributed by atoms with van der Waals surface area (Å²) >= 11 is 0. The molecule has 0 spiro atoms. The first-order valence-corrected chi connectivity index (χ1v) is 4.30. The van der Waals surface area contributed by atoms with Gasteiger partial charge >= 0.3 is 0 Å². The van der Waals surface area contributed by atoms with E-state index < -0.39 is 0 Å². The van der Waals surface area contributed by atoms with Crippen LogP contribution in [0.15, 0.2) is 0 Å². The van der Waals surface area contributed by atoms with Crippen molar-refractivity contribution in [3.05, 3.63) is 0 Å². The summed E-state index contributed by atoms with van der Waals surface area (Å²) in [7, 11) is 2.12. The van der Waals surface area contributed by atoms with Crippen LogP contribution in [0.25, 0.3) is 0 Å². The van der Waals surface area contributed by atoms with Crippen molar-refractivity contribution in [2.24, 2.45) is 11.3 Å². The van der Waals surface area contributed by atoms with Gasteiger partial charge in [0, 0.05) is 18.5 Å². The van der Waals surface area contributed by atoms with Crippen LogP contribution in [0.1, 0.15) is 20.8 Å². The Labute approximate surface area is 69.2 Å². The molecule has 1 rings (SSSR count). The van der Waals surface area contributed by atoms with Gasteiger partial charge < -0.3 is 10.0 Å². The van der Waals surface area contributed by atoms with Crippen molar-refractivity contribution in [3.8, 4) is 0 Å². The van der Waals surface area contributed by atoms with E-state index in [-0.39, 0.29) is 11.5 Å². The standard InChI is InChI=1S/C9H19NO/c1-7-5-10(4)6-9(2,3)8(7)11/h7-8,11H,5-6H2,1-4H3. The molecule has 0 aliphatic carbocycles. The van der Waals surface area contributed by atoms with Crippen LogP contribution in [0.4, 0.5) is 0 Å². The van der Waals surface area contributed by atoms with Gasteiger partial charge in [-0.05, 0) is 13.0 Å². The molecule has 2 nitrogen and oxygen atoms in total. The molecule has 0 aromatic carbocycles. The van der Waals surface area contributed by atoms with Crippen molar-refractivity contribution in [2.45, 2.75) is 26.9 Å². The van der Waals surface area contributed by atoms with E-state index in [2.05, 4.69) is 32.7 Å². The average molecular weight is 157 g/mol. The third-order valence-electron chi connectivity index (χ3n) is 2.62. The normalized spacial score (nSPS) is 39.0. The summed E-state index contributed by atoms with van der Waals surface area (Å²) in [5.41, 5.74) is 0.0619. The number of aliphatic hydroxyl groups is 1. The van der Waals surface area contributed by atoms with Crippen molar-refractivity contribution in [2.75, 3.05) is 20.1 Å². The Morgan fingerprint density at radius 3 is 2.45 bits per heavy atom. The van der Waals surface area contributed by atoms with Crippen LogP contribution < -0.4 is 0 Å². The van der Waals surface area contributed by atoms with Gasteiger partial charge in [0.25, 0.3) is 0 Å². The maximum Gasteiger partial charge on any atom is 0.0641 e. The number of piperidine rings is 1. The molecule has 0 bridgehead atoms. The van der Waals surface area contributed by atoms with Gasteiger partial charge in [0.15, 0.2) is 0 Å². The third kappa shape index (κ3) is 1.74. The monoisotopic (exact) mass is 157 g/mol. The Hall–Kier alpha value is -0.0800. The number of nitrogens with zero attached hydrogens (tertiary/aromatic N) is 1. The van der Waals surface area contributed by atoms with Crippen LogP contribution in [0.2, 0.25) is 0 Å². The topological polar surface area (TPSA) is 23.5 Å². The fourth-order valence-electron chi connectivity index (χ4n) is 2.22. The predicted molar refractivity (Wildman–Crippen MR) is 46.4 cm³/mol. The molecule has 0 amide bonds. The SMILES string of the molecule is CC1CN(C)CC(C)(C)C1O. The first-order valence-electron chi connectivity index (χ1n) is 4.30. The van der Waals surface area contributed by atoms with E-state index in [1.807, 2.05) is 0 Å². The molecule has 11 heavy (non-hydrogen) atoms. The lowest BCUT2D eigenvalue weighted by Crippen LogP contribution is -2.51. The van der Waals surface area contributed by atoms with E-state index >= 15 is 0 Å². The predicted octanol–water partition coefficient (Wildman–Crippen LogP) is 0.955. The zero-order valence-electron chi connectivity index (χ0n) is 7.96. The quantitative estimate of drug-likeness (QED) is 0.566. The molecule has 0 saturated carbocycles. The number of aliphatic hydroxyl groups excluding tert-OH is 1. The summed E-state index contributed by atoms with van der Waals surface area (Å²) < 4.78 is 0. The minimum atomic E-state index is -0.140. The first-order chi connectivity index (χ1) is 4.93. The minimum absolute atomic E-state index is 0.0619. The molecule has 1 aliphatic heterocycles. The van der Waals surface area contributed by atoms with Gasteiger partial charge in [0.1, 0.15) is 0 Å². The maximum absolute atomic E-state index is 9.80. The molecular weight excluding hydrogens is 138 g/mol. The summed E-state index contributed by atoms with van der Waals surface area (Å²) in [4.78, 5) is 2.29. The van der Waals surface area contributed by atoms with Crippen LogP contribution in [-0.4, -0.2) is 36.2 Å². The van der Waals surface area contributed by atoms with Crippen molar-refractivity contribution in [1.29, 1.82) is 0 Å². The minimum Gasteiger partial charge on any atom is -0.392 e. The van der Waals surface area contributed by atoms with E-state index in [0.717, 1.165) is 13.1 Å². The van der Waals surface area contributed by atoms with Crippen molar-refractivity contribution >= 4 is 0 Å². The molecule has 1 N–H and O–H groups in total. The molecule has 2 atom stereocenters. The molecule has 1 saturated heterocycles. The molecule has 1 heterocycles. The number of likely N-dealkylation sites (tertiary alicyclic amines) is 1. The highest BCUT2D eigenvalue weighted by Gasteiger charge is 2.37. The van der Waals surface area contributed by atoms with Crippen molar-refractivity contribution in [3.63, 3.8) is 0 Å². The fourth-order valence-corrected chi connectivity index (χ4v) is 2.22. The van der Waals surface area contributed by atoms with Gasteiger partial charge in [-0.15, -0.1) is 0 Å². The molecule has 1 aliphatic rings. The van der Waals surface area contributed by atoms with Gasteiger partial charge in [-0.3, -0.25) is 0 Å². The van der Waals surface area contributed by atoms with Crippen molar-refractivity contribution in [1.82, 2.24) is 4.90 Å². The van der Waals surface area contributed by atoms with Crippen LogP contribution >= 0.6 is 0 Å². The number of rotatable bonds is 0. The molecule has 66 valence electrons. The lowest BCUT2D eigenvalue weighted by atomic mass is 9.76. The molecule has 0 radical (unpaired) electrons. The summed E-state index contributed by atoms with van der Waals surface area (Å²) in [5, 5.41) is 9.80. The Bertz CT molecular complexity index is 144. The van der Waals surface area contributed by atoms with Gasteiger partial charge in [-0.1, -0.05) is 20.8 Å². The Balaban J connectivity index is 2.67. The van der Waals surface area contributed by atoms with Crippen molar-refractivity contribution < 1.29 is 5.11 Å². The largest absolute Gasteiger partial charge is 0.392 e. The Morgan fingerprint density at radius 2 is 2.00 bits per heavy atom. The summed E-state index contributed by atoms with van der Waals surface area (Å²) in [5.74, 6) is 0.406. The van der Waals surface area contributed by atoms with E-state index in [9.17, 15) is 5.11 Å². The zero-order valence-corrected chi connectivity index (χ0v) is 7.96. The molecule has 0 aromatic rings. The molecular formula is C9H19NO. The third-order valence-corrected chi connectivity index (χ3v) is 2.62. The van der Waals surface area contributed by atoms with Crippen LogP contribution in [0.5, 0.6) is 0 Å². The van der Waals surface area contributed by atoms with E-state index in [1.54, 1.807) is 0 Å². The first kappa shape index (κ1) is 9.01. The Kier molecular flexibility index (Phi) is 2.26. The summed E-state index contributed by atoms with van der Waals surface area (Å²) in [6.07, 6.45) is -0.140. The highest BCUT2D eigenvalue weighted by molar-refractivity contribution is 4.89. The molecule has 1 fully saturated rings. The zero-order chi connectivity index (χ0) is 8.65. The van der Waals surface area contributed by atoms with Crippen LogP contribution in [-0.2, 0) is 0 Å². The van der Waals surface area contributed by atoms with Gasteiger partial charge in [-0.25, -0.2) is 0 Å². The maximum atomic E-state index is 9.80. The van der Waals surface area contributed by atoms with E-state index in [0.29, 0.717) is 5.92 Å². The van der Waals surface area contributed by atoms with Gasteiger partial charge in [0.05, 0.1) is 6.10 Å². The molecule has 0 aromatic heterocycles. The second-order valence-electron chi connectivity index (χ2n) is 4.61. The molecule has 2 unspecified atom stereocenters. The van der Waals surface area contributed by atoms with E-state index in [4.69, 9.17) is 0 Å². The fraction of sp³-hybridized carbons (Fsp3) is 1.00. The lowest BCUT2D eigenvalue weighted by Gasteiger charge is -2.44. The Morgan fingerprint density at radius 1 is 1.45 bits per heavy atom. The summed E-state index contributed by atoms with van der Waals surface area (Å²) in [6.45, 7) is 8.39. The highest BCUT2D eigenvalue weighted by atomic mass is 16.3. The van der Waals surface area contributed by atoms with Crippen LogP contribution in [0.3, 0.4) is 0 Å². The van der Waals surface area contributed by atoms with Gasteiger partial charge in [-0.2, -0.15) is 0 Å². The van der Waals surface area contributed by atoms with Crippen LogP contribution in [0, 0.1) is 11.3 Å². The smallest absolute Gasteiger partial charge is 0.0641 e. The summed E-state index contributed by atoms with van der Waals surface area (Å²) in [6, 6.07) is 0. The second-order valence-corrected chi connectivity index (χ2v) is 4.61.